The summed E-state index contributed by atoms with van der Waals surface area (Å²) in [4.78, 5) is 12.4. The van der Waals surface area contributed by atoms with Crippen LogP contribution in [0.25, 0.3) is 0 Å². The van der Waals surface area contributed by atoms with Crippen LogP contribution in [0.1, 0.15) is 29.8 Å². The smallest absolute Gasteiger partial charge is 0.199 e. The number of hydrogen-bond donors (Lipinski definition) is 0. The molecule has 0 bridgehead atoms. The van der Waals surface area contributed by atoms with Crippen molar-refractivity contribution >= 4 is 17.4 Å². The third-order valence-electron chi connectivity index (χ3n) is 2.75. The van der Waals surface area contributed by atoms with Gasteiger partial charge in [0, 0.05) is 0 Å². The van der Waals surface area contributed by atoms with Crippen molar-refractivity contribution in [1.29, 1.82) is 0 Å². The van der Waals surface area contributed by atoms with Gasteiger partial charge in [-0.1, -0.05) is 23.7 Å². The van der Waals surface area contributed by atoms with Gasteiger partial charge in [-0.25, -0.2) is 8.78 Å². The second-order valence-electron chi connectivity index (χ2n) is 4.74. The van der Waals surface area contributed by atoms with E-state index in [9.17, 15) is 13.6 Å². The van der Waals surface area contributed by atoms with Gasteiger partial charge in [0.1, 0.15) is 17.4 Å². The van der Waals surface area contributed by atoms with Gasteiger partial charge in [0.05, 0.1) is 22.3 Å². The summed E-state index contributed by atoms with van der Waals surface area (Å²) in [5.41, 5.74) is -0.205. The summed E-state index contributed by atoms with van der Waals surface area (Å²) in [6.45, 7) is 3.62. The van der Waals surface area contributed by atoms with E-state index in [-0.39, 0.29) is 22.3 Å². The number of ether oxygens (including phenoxy) is 1. The first kappa shape index (κ1) is 15.4. The molecule has 0 N–H and O–H groups in total. The van der Waals surface area contributed by atoms with Gasteiger partial charge in [-0.2, -0.15) is 0 Å². The maximum atomic E-state index is 13.8. The van der Waals surface area contributed by atoms with Crippen LogP contribution < -0.4 is 4.74 Å². The fourth-order valence-electron chi connectivity index (χ4n) is 1.85. The van der Waals surface area contributed by atoms with Crippen LogP contribution >= 0.6 is 11.6 Å². The van der Waals surface area contributed by atoms with Crippen molar-refractivity contribution in [2.24, 2.45) is 0 Å². The Morgan fingerprint density at radius 1 is 1.10 bits per heavy atom. The molecule has 0 atom stereocenters. The van der Waals surface area contributed by atoms with Gasteiger partial charge in [-0.3, -0.25) is 4.79 Å². The summed E-state index contributed by atoms with van der Waals surface area (Å²) in [5, 5.41) is -0.365. The fraction of sp³-hybridized carbons (Fsp3) is 0.188. The van der Waals surface area contributed by atoms with Crippen molar-refractivity contribution in [1.82, 2.24) is 0 Å². The number of ketones is 1. The van der Waals surface area contributed by atoms with Crippen LogP contribution in [0, 0.1) is 11.6 Å². The number of halogens is 3. The summed E-state index contributed by atoms with van der Waals surface area (Å²) in [7, 11) is 0. The minimum atomic E-state index is -0.870. The lowest BCUT2D eigenvalue weighted by Gasteiger charge is -2.13. The maximum absolute atomic E-state index is 13.8. The largest absolute Gasteiger partial charge is 0.490 e. The first-order valence-electron chi connectivity index (χ1n) is 6.35. The molecule has 0 saturated carbocycles. The molecule has 110 valence electrons. The first-order chi connectivity index (χ1) is 9.90. The molecule has 0 aliphatic carbocycles. The molecular formula is C16H13ClF2O2. The predicted molar refractivity (Wildman–Crippen MR) is 77.0 cm³/mol. The number of carbonyl (C=O) groups excluding carboxylic acids is 1. The van der Waals surface area contributed by atoms with Crippen LogP contribution in [0.15, 0.2) is 36.4 Å². The van der Waals surface area contributed by atoms with E-state index >= 15 is 0 Å². The minimum Gasteiger partial charge on any atom is -0.490 e. The quantitative estimate of drug-likeness (QED) is 0.607. The molecular weight excluding hydrogens is 298 g/mol. The number of rotatable bonds is 4. The molecule has 0 unspecified atom stereocenters. The Kier molecular flexibility index (Phi) is 4.58. The second kappa shape index (κ2) is 6.22. The Hall–Kier alpha value is -1.94. The normalized spacial score (nSPS) is 10.8. The van der Waals surface area contributed by atoms with E-state index in [0.29, 0.717) is 5.75 Å². The van der Waals surface area contributed by atoms with E-state index < -0.39 is 17.4 Å². The zero-order chi connectivity index (χ0) is 15.6. The van der Waals surface area contributed by atoms with E-state index in [2.05, 4.69) is 0 Å². The van der Waals surface area contributed by atoms with Crippen molar-refractivity contribution in [2.45, 2.75) is 20.0 Å². The number of hydrogen-bond acceptors (Lipinski definition) is 2. The Bertz CT molecular complexity index is 684. The Balaban J connectivity index is 2.48. The zero-order valence-electron chi connectivity index (χ0n) is 11.5. The minimum absolute atomic E-state index is 0.147. The molecule has 0 amide bonds. The molecule has 2 rings (SSSR count). The number of para-hydroxylation sites is 1. The standard InChI is InChI=1S/C16H13ClF2O2/c1-9(2)21-15-6-4-3-5-10(15)16(20)11-7-14(19)12(17)8-13(11)18/h3-9H,1-2H3. The average Bonchev–Trinajstić information content (AvgIpc) is 2.42. The summed E-state index contributed by atoms with van der Waals surface area (Å²) >= 11 is 5.49. The Morgan fingerprint density at radius 2 is 1.76 bits per heavy atom. The summed E-state index contributed by atoms with van der Waals surface area (Å²) in [5.74, 6) is -2.04. The molecule has 21 heavy (non-hydrogen) atoms. The average molecular weight is 311 g/mol. The third-order valence-corrected chi connectivity index (χ3v) is 3.04. The Morgan fingerprint density at radius 3 is 2.43 bits per heavy atom. The highest BCUT2D eigenvalue weighted by molar-refractivity contribution is 6.31. The van der Waals surface area contributed by atoms with Gasteiger partial charge in [0.25, 0.3) is 0 Å². The third kappa shape index (κ3) is 3.39. The van der Waals surface area contributed by atoms with E-state index in [1.165, 1.54) is 6.07 Å². The lowest BCUT2D eigenvalue weighted by atomic mass is 10.0. The lowest BCUT2D eigenvalue weighted by molar-refractivity contribution is 0.102. The van der Waals surface area contributed by atoms with Crippen LogP contribution in [0.2, 0.25) is 5.02 Å². The van der Waals surface area contributed by atoms with E-state index in [4.69, 9.17) is 16.3 Å². The van der Waals surface area contributed by atoms with Crippen LogP contribution in [0.3, 0.4) is 0 Å². The van der Waals surface area contributed by atoms with Gasteiger partial charge >= 0.3 is 0 Å². The molecule has 2 nitrogen and oxygen atoms in total. The number of benzene rings is 2. The SMILES string of the molecule is CC(C)Oc1ccccc1C(=O)c1cc(F)c(Cl)cc1F. The maximum Gasteiger partial charge on any atom is 0.199 e. The van der Waals surface area contributed by atoms with Crippen molar-refractivity contribution in [3.8, 4) is 5.75 Å². The van der Waals surface area contributed by atoms with E-state index in [1.54, 1.807) is 18.2 Å². The molecule has 0 aliphatic heterocycles. The monoisotopic (exact) mass is 310 g/mol. The molecule has 5 heteroatoms. The van der Waals surface area contributed by atoms with Gasteiger partial charge < -0.3 is 4.74 Å². The van der Waals surface area contributed by atoms with Crippen molar-refractivity contribution in [3.63, 3.8) is 0 Å². The highest BCUT2D eigenvalue weighted by atomic mass is 35.5. The van der Waals surface area contributed by atoms with Crippen molar-refractivity contribution < 1.29 is 18.3 Å². The van der Waals surface area contributed by atoms with Crippen molar-refractivity contribution in [3.05, 3.63) is 64.2 Å². The molecule has 0 radical (unpaired) electrons. The summed E-state index contributed by atoms with van der Waals surface area (Å²) in [6, 6.07) is 8.03. The summed E-state index contributed by atoms with van der Waals surface area (Å²) < 4.78 is 32.8. The number of carbonyl (C=O) groups is 1. The molecule has 0 aromatic heterocycles. The van der Waals surface area contributed by atoms with Gasteiger partial charge in [0.2, 0.25) is 0 Å². The first-order valence-corrected chi connectivity index (χ1v) is 6.73. The molecule has 2 aromatic carbocycles. The van der Waals surface area contributed by atoms with Gasteiger partial charge in [-0.15, -0.1) is 0 Å². The molecule has 0 saturated heterocycles. The van der Waals surface area contributed by atoms with Crippen molar-refractivity contribution in [2.75, 3.05) is 0 Å². The lowest BCUT2D eigenvalue weighted by Crippen LogP contribution is -2.12. The van der Waals surface area contributed by atoms with Gasteiger partial charge in [-0.05, 0) is 38.1 Å². The highest BCUT2D eigenvalue weighted by Crippen LogP contribution is 2.26. The van der Waals surface area contributed by atoms with Gasteiger partial charge in [0.15, 0.2) is 5.78 Å². The molecule has 0 aliphatic rings. The predicted octanol–water partition coefficient (Wildman–Crippen LogP) is 4.64. The molecule has 0 heterocycles. The van der Waals surface area contributed by atoms with Crippen LogP contribution in [0.5, 0.6) is 5.75 Å². The second-order valence-corrected chi connectivity index (χ2v) is 5.15. The molecule has 0 fully saturated rings. The topological polar surface area (TPSA) is 26.3 Å². The van der Waals surface area contributed by atoms with Crippen LogP contribution in [0.4, 0.5) is 8.78 Å². The molecule has 0 spiro atoms. The highest BCUT2D eigenvalue weighted by Gasteiger charge is 2.20. The van der Waals surface area contributed by atoms with E-state index in [0.717, 1.165) is 12.1 Å². The van der Waals surface area contributed by atoms with E-state index in [1.807, 2.05) is 13.8 Å². The fourth-order valence-corrected chi connectivity index (χ4v) is 2.00. The zero-order valence-corrected chi connectivity index (χ0v) is 12.2. The summed E-state index contributed by atoms with van der Waals surface area (Å²) in [6.07, 6.45) is -0.147. The Labute approximate surface area is 126 Å². The molecule has 2 aromatic rings. The van der Waals surface area contributed by atoms with Crippen LogP contribution in [-0.2, 0) is 0 Å². The van der Waals surface area contributed by atoms with Crippen LogP contribution in [-0.4, -0.2) is 11.9 Å².